The summed E-state index contributed by atoms with van der Waals surface area (Å²) in [7, 11) is 0. The van der Waals surface area contributed by atoms with Crippen LogP contribution < -0.4 is 10.2 Å². The summed E-state index contributed by atoms with van der Waals surface area (Å²) in [5, 5.41) is 9.60. The van der Waals surface area contributed by atoms with Crippen molar-refractivity contribution in [3.8, 4) is 5.75 Å². The van der Waals surface area contributed by atoms with E-state index < -0.39 is 0 Å². The van der Waals surface area contributed by atoms with Crippen LogP contribution in [0.5, 0.6) is 5.75 Å². The molecule has 1 heterocycles. The molecule has 1 N–H and O–H groups in total. The SMILES string of the molecule is Cc1cn(O)c(C)c(OCc2ccccc2)c1=O. The van der Waals surface area contributed by atoms with Crippen molar-refractivity contribution in [3.05, 3.63) is 63.6 Å². The zero-order valence-electron chi connectivity index (χ0n) is 10.4. The number of nitrogens with zero attached hydrogens (tertiary/aromatic N) is 1. The molecule has 4 nitrogen and oxygen atoms in total. The summed E-state index contributed by atoms with van der Waals surface area (Å²) in [6.07, 6.45) is 1.38. The molecule has 0 spiro atoms. The number of aromatic nitrogens is 1. The summed E-state index contributed by atoms with van der Waals surface area (Å²) in [4.78, 5) is 11.9. The molecule has 0 radical (unpaired) electrons. The fourth-order valence-corrected chi connectivity index (χ4v) is 1.69. The van der Waals surface area contributed by atoms with Crippen molar-refractivity contribution in [2.45, 2.75) is 20.5 Å². The minimum Gasteiger partial charge on any atom is -0.483 e. The Labute approximate surface area is 105 Å². The number of rotatable bonds is 3. The van der Waals surface area contributed by atoms with Crippen LogP contribution in [0.4, 0.5) is 0 Å². The van der Waals surface area contributed by atoms with Crippen LogP contribution in [-0.4, -0.2) is 9.94 Å². The zero-order chi connectivity index (χ0) is 13.1. The van der Waals surface area contributed by atoms with Crippen molar-refractivity contribution in [2.24, 2.45) is 0 Å². The van der Waals surface area contributed by atoms with Crippen molar-refractivity contribution >= 4 is 0 Å². The third-order valence-electron chi connectivity index (χ3n) is 2.78. The first-order valence-corrected chi connectivity index (χ1v) is 5.68. The van der Waals surface area contributed by atoms with Crippen molar-refractivity contribution in [1.29, 1.82) is 0 Å². The van der Waals surface area contributed by atoms with E-state index in [1.807, 2.05) is 30.3 Å². The molecule has 0 fully saturated rings. The van der Waals surface area contributed by atoms with E-state index in [-0.39, 0.29) is 11.2 Å². The lowest BCUT2D eigenvalue weighted by Crippen LogP contribution is -2.16. The Morgan fingerprint density at radius 2 is 1.89 bits per heavy atom. The van der Waals surface area contributed by atoms with Gasteiger partial charge in [0.25, 0.3) is 0 Å². The molecule has 2 aromatic rings. The Bertz CT molecular complexity index is 602. The molecular weight excluding hydrogens is 230 g/mol. The van der Waals surface area contributed by atoms with Gasteiger partial charge in [-0.3, -0.25) is 4.79 Å². The minimum absolute atomic E-state index is 0.186. The smallest absolute Gasteiger partial charge is 0.226 e. The van der Waals surface area contributed by atoms with Gasteiger partial charge >= 0.3 is 0 Å². The number of hydrogen-bond donors (Lipinski definition) is 1. The van der Waals surface area contributed by atoms with E-state index in [0.717, 1.165) is 10.3 Å². The fraction of sp³-hybridized carbons (Fsp3) is 0.214. The molecule has 0 aliphatic heterocycles. The molecule has 0 saturated heterocycles. The van der Waals surface area contributed by atoms with Crippen LogP contribution in [0.1, 0.15) is 16.8 Å². The Hall–Kier alpha value is -2.23. The molecule has 0 aliphatic rings. The molecule has 0 aliphatic carbocycles. The Balaban J connectivity index is 2.27. The maximum absolute atomic E-state index is 11.9. The number of ether oxygens (including phenoxy) is 1. The maximum atomic E-state index is 11.9. The van der Waals surface area contributed by atoms with Gasteiger partial charge in [0.2, 0.25) is 5.43 Å². The number of pyridine rings is 1. The second kappa shape index (κ2) is 4.96. The Kier molecular flexibility index (Phi) is 3.37. The van der Waals surface area contributed by atoms with Gasteiger partial charge in [-0.25, -0.2) is 0 Å². The average Bonchev–Trinajstić information content (AvgIpc) is 2.38. The second-order valence-electron chi connectivity index (χ2n) is 4.17. The molecule has 2 rings (SSSR count). The third kappa shape index (κ3) is 2.37. The summed E-state index contributed by atoms with van der Waals surface area (Å²) in [6, 6.07) is 9.57. The quantitative estimate of drug-likeness (QED) is 0.844. The molecule has 0 saturated carbocycles. The largest absolute Gasteiger partial charge is 0.483 e. The molecule has 4 heteroatoms. The molecule has 1 aromatic heterocycles. The number of hydrogen-bond acceptors (Lipinski definition) is 3. The van der Waals surface area contributed by atoms with E-state index >= 15 is 0 Å². The Morgan fingerprint density at radius 3 is 2.56 bits per heavy atom. The van der Waals surface area contributed by atoms with Gasteiger partial charge in [0.05, 0.1) is 11.9 Å². The minimum atomic E-state index is -0.186. The highest BCUT2D eigenvalue weighted by atomic mass is 16.5. The maximum Gasteiger partial charge on any atom is 0.226 e. The normalized spacial score (nSPS) is 10.3. The van der Waals surface area contributed by atoms with Crippen molar-refractivity contribution in [3.63, 3.8) is 0 Å². The molecule has 1 aromatic carbocycles. The molecule has 0 atom stereocenters. The Morgan fingerprint density at radius 1 is 1.22 bits per heavy atom. The summed E-state index contributed by atoms with van der Waals surface area (Å²) in [6.45, 7) is 3.59. The van der Waals surface area contributed by atoms with E-state index in [2.05, 4.69) is 0 Å². The van der Waals surface area contributed by atoms with Crippen LogP contribution in [0.2, 0.25) is 0 Å². The van der Waals surface area contributed by atoms with Gasteiger partial charge in [0, 0.05) is 5.56 Å². The molecule has 0 amide bonds. The lowest BCUT2D eigenvalue weighted by Gasteiger charge is -2.11. The zero-order valence-corrected chi connectivity index (χ0v) is 10.4. The van der Waals surface area contributed by atoms with E-state index in [0.29, 0.717) is 17.9 Å². The third-order valence-corrected chi connectivity index (χ3v) is 2.78. The van der Waals surface area contributed by atoms with E-state index in [1.54, 1.807) is 13.8 Å². The first-order chi connectivity index (χ1) is 8.59. The number of benzene rings is 1. The van der Waals surface area contributed by atoms with Gasteiger partial charge in [-0.1, -0.05) is 30.3 Å². The summed E-state index contributed by atoms with van der Waals surface area (Å²) < 4.78 is 6.44. The van der Waals surface area contributed by atoms with Gasteiger partial charge in [-0.2, -0.15) is 4.73 Å². The van der Waals surface area contributed by atoms with E-state index in [9.17, 15) is 10.0 Å². The predicted octanol–water partition coefficient (Wildman–Crippen LogP) is 2.28. The van der Waals surface area contributed by atoms with E-state index in [4.69, 9.17) is 4.74 Å². The van der Waals surface area contributed by atoms with Crippen LogP contribution in [0, 0.1) is 13.8 Å². The highest BCUT2D eigenvalue weighted by Crippen LogP contribution is 2.14. The highest BCUT2D eigenvalue weighted by molar-refractivity contribution is 5.31. The highest BCUT2D eigenvalue weighted by Gasteiger charge is 2.11. The van der Waals surface area contributed by atoms with Crippen molar-refractivity contribution in [2.75, 3.05) is 0 Å². The van der Waals surface area contributed by atoms with Crippen molar-refractivity contribution in [1.82, 2.24) is 4.73 Å². The topological polar surface area (TPSA) is 51.5 Å². The van der Waals surface area contributed by atoms with E-state index in [1.165, 1.54) is 6.20 Å². The predicted molar refractivity (Wildman–Crippen MR) is 68.1 cm³/mol. The lowest BCUT2D eigenvalue weighted by molar-refractivity contribution is 0.169. The lowest BCUT2D eigenvalue weighted by atomic mass is 10.2. The first kappa shape index (κ1) is 12.2. The van der Waals surface area contributed by atoms with Gasteiger partial charge in [-0.15, -0.1) is 0 Å². The molecule has 0 bridgehead atoms. The molecule has 94 valence electrons. The summed E-state index contributed by atoms with van der Waals surface area (Å²) in [5.74, 6) is 0.196. The monoisotopic (exact) mass is 245 g/mol. The van der Waals surface area contributed by atoms with Gasteiger partial charge in [0.1, 0.15) is 6.61 Å². The van der Waals surface area contributed by atoms with Crippen LogP contribution >= 0.6 is 0 Å². The molecule has 0 unspecified atom stereocenters. The standard InChI is InChI=1S/C14H15NO3/c1-10-8-15(17)11(2)14(13(10)16)18-9-12-6-4-3-5-7-12/h3-8,17H,9H2,1-2H3. The van der Waals surface area contributed by atoms with Gasteiger partial charge in [-0.05, 0) is 19.4 Å². The van der Waals surface area contributed by atoms with Crippen molar-refractivity contribution < 1.29 is 9.94 Å². The number of aryl methyl sites for hydroxylation is 1. The fourth-order valence-electron chi connectivity index (χ4n) is 1.69. The van der Waals surface area contributed by atoms with Crippen LogP contribution in [-0.2, 0) is 6.61 Å². The first-order valence-electron chi connectivity index (χ1n) is 5.68. The average molecular weight is 245 g/mol. The van der Waals surface area contributed by atoms with Gasteiger partial charge in [0.15, 0.2) is 5.75 Å². The summed E-state index contributed by atoms with van der Waals surface area (Å²) >= 11 is 0. The van der Waals surface area contributed by atoms with Gasteiger partial charge < -0.3 is 9.94 Å². The summed E-state index contributed by atoms with van der Waals surface area (Å²) in [5.41, 5.74) is 1.64. The van der Waals surface area contributed by atoms with Crippen LogP contribution in [0.3, 0.4) is 0 Å². The molecular formula is C14H15NO3. The van der Waals surface area contributed by atoms with Crippen LogP contribution in [0.15, 0.2) is 41.3 Å². The molecule has 18 heavy (non-hydrogen) atoms. The van der Waals surface area contributed by atoms with Crippen LogP contribution in [0.25, 0.3) is 0 Å². The second-order valence-corrected chi connectivity index (χ2v) is 4.17.